The number of hydrogen-bond donors (Lipinski definition) is 2. The normalized spacial score (nSPS) is 9.89. The van der Waals surface area contributed by atoms with E-state index in [1.165, 1.54) is 12.1 Å². The van der Waals surface area contributed by atoms with Gasteiger partial charge in [-0.1, -0.05) is 18.2 Å². The molecule has 0 aliphatic carbocycles. The summed E-state index contributed by atoms with van der Waals surface area (Å²) in [6.07, 6.45) is 0.501. The summed E-state index contributed by atoms with van der Waals surface area (Å²) in [6.45, 7) is 3.70. The molecule has 98 valence electrons. The average Bonchev–Trinajstić information content (AvgIpc) is 2.30. The van der Waals surface area contributed by atoms with Gasteiger partial charge in [0.1, 0.15) is 11.6 Å². The molecule has 18 heavy (non-hydrogen) atoms. The molecular weight excluding hydrogens is 259 g/mol. The third-order valence-electron chi connectivity index (χ3n) is 2.03. The van der Waals surface area contributed by atoms with Crippen LogP contribution in [0, 0.1) is 5.82 Å². The largest absolute Gasteiger partial charge is 0.484 e. The van der Waals surface area contributed by atoms with Crippen LogP contribution in [-0.2, 0) is 4.79 Å². The summed E-state index contributed by atoms with van der Waals surface area (Å²) in [5.41, 5.74) is 5.84. The molecule has 1 amide bonds. The van der Waals surface area contributed by atoms with Crippen molar-refractivity contribution in [2.75, 3.05) is 13.2 Å². The van der Waals surface area contributed by atoms with Crippen LogP contribution in [0.15, 0.2) is 30.5 Å². The van der Waals surface area contributed by atoms with Crippen LogP contribution in [-0.4, -0.2) is 19.1 Å². The molecule has 0 spiro atoms. The number of carbonyl (C=O) groups is 1. The molecule has 0 bridgehead atoms. The van der Waals surface area contributed by atoms with E-state index in [4.69, 9.17) is 22.1 Å². The number of amides is 1. The van der Waals surface area contributed by atoms with Gasteiger partial charge in [-0.15, -0.1) is 0 Å². The minimum atomic E-state index is -0.589. The lowest BCUT2D eigenvalue weighted by atomic mass is 10.3. The summed E-state index contributed by atoms with van der Waals surface area (Å²) in [6, 6.07) is 3.97. The first-order chi connectivity index (χ1) is 8.49. The third kappa shape index (κ3) is 5.05. The highest BCUT2D eigenvalue weighted by molar-refractivity contribution is 6.30. The monoisotopic (exact) mass is 272 g/mol. The van der Waals surface area contributed by atoms with Crippen molar-refractivity contribution in [3.63, 3.8) is 0 Å². The van der Waals surface area contributed by atoms with E-state index in [1.54, 1.807) is 0 Å². The number of benzene rings is 1. The quantitative estimate of drug-likeness (QED) is 0.830. The predicted molar refractivity (Wildman–Crippen MR) is 67.9 cm³/mol. The molecule has 0 unspecified atom stereocenters. The number of nitrogens with two attached hydrogens (primary N) is 1. The maximum atomic E-state index is 13.1. The van der Waals surface area contributed by atoms with Crippen LogP contribution >= 0.6 is 11.6 Å². The minimum Gasteiger partial charge on any atom is -0.484 e. The fraction of sp³-hybridized carbons (Fsp3) is 0.250. The molecule has 0 atom stereocenters. The standard InChI is InChI=1S/C12H14ClFN2O2/c1-8(15)4-5-16-12(17)7-18-9-2-3-10(13)11(14)6-9/h2-3,6H,1,4-5,7,15H2,(H,16,17). The van der Waals surface area contributed by atoms with E-state index in [2.05, 4.69) is 11.9 Å². The molecule has 3 N–H and O–H groups in total. The van der Waals surface area contributed by atoms with Gasteiger partial charge >= 0.3 is 0 Å². The van der Waals surface area contributed by atoms with Crippen LogP contribution in [0.25, 0.3) is 0 Å². The van der Waals surface area contributed by atoms with Gasteiger partial charge in [-0.25, -0.2) is 4.39 Å². The second kappa shape index (κ2) is 6.86. The molecular formula is C12H14ClFN2O2. The number of hydrogen-bond acceptors (Lipinski definition) is 3. The minimum absolute atomic E-state index is 0.00765. The zero-order valence-corrected chi connectivity index (χ0v) is 10.5. The Kier molecular flexibility index (Phi) is 5.45. The lowest BCUT2D eigenvalue weighted by Crippen LogP contribution is -2.30. The Hall–Kier alpha value is -1.75. The van der Waals surface area contributed by atoms with E-state index in [0.717, 1.165) is 6.07 Å². The molecule has 0 radical (unpaired) electrons. The fourth-order valence-electron chi connectivity index (χ4n) is 1.13. The molecule has 1 aromatic carbocycles. The van der Waals surface area contributed by atoms with E-state index in [9.17, 15) is 9.18 Å². The topological polar surface area (TPSA) is 64.3 Å². The first-order valence-corrected chi connectivity index (χ1v) is 5.64. The Bertz CT molecular complexity index is 452. The van der Waals surface area contributed by atoms with Crippen LogP contribution in [0.2, 0.25) is 5.02 Å². The van der Waals surface area contributed by atoms with Crippen molar-refractivity contribution in [2.24, 2.45) is 5.73 Å². The molecule has 0 aliphatic heterocycles. The Labute approximate surface area is 110 Å². The van der Waals surface area contributed by atoms with Gasteiger partial charge in [0, 0.05) is 24.7 Å². The van der Waals surface area contributed by atoms with Gasteiger partial charge in [0.25, 0.3) is 5.91 Å². The van der Waals surface area contributed by atoms with Gasteiger partial charge in [0.2, 0.25) is 0 Å². The second-order valence-electron chi connectivity index (χ2n) is 3.62. The number of halogens is 2. The summed E-state index contributed by atoms with van der Waals surface area (Å²) in [5.74, 6) is -0.657. The maximum absolute atomic E-state index is 13.1. The Morgan fingerprint density at radius 1 is 1.56 bits per heavy atom. The fourth-order valence-corrected chi connectivity index (χ4v) is 1.25. The first-order valence-electron chi connectivity index (χ1n) is 5.27. The molecule has 0 saturated heterocycles. The Morgan fingerprint density at radius 3 is 2.89 bits per heavy atom. The van der Waals surface area contributed by atoms with E-state index in [-0.39, 0.29) is 23.3 Å². The molecule has 0 heterocycles. The molecule has 4 nitrogen and oxygen atoms in total. The molecule has 6 heteroatoms. The highest BCUT2D eigenvalue weighted by Crippen LogP contribution is 2.20. The summed E-state index contributed by atoms with van der Waals surface area (Å²) >= 11 is 5.51. The Balaban J connectivity index is 2.33. The van der Waals surface area contributed by atoms with Crippen LogP contribution in [0.3, 0.4) is 0 Å². The SMILES string of the molecule is C=C(N)CCNC(=O)COc1ccc(Cl)c(F)c1. The second-order valence-corrected chi connectivity index (χ2v) is 4.03. The van der Waals surface area contributed by atoms with Crippen LogP contribution in [0.4, 0.5) is 4.39 Å². The average molecular weight is 273 g/mol. The summed E-state index contributed by atoms with van der Waals surface area (Å²) in [5, 5.41) is 2.59. The van der Waals surface area contributed by atoms with Gasteiger partial charge in [-0.05, 0) is 12.1 Å². The molecule has 0 aliphatic rings. The lowest BCUT2D eigenvalue weighted by Gasteiger charge is -2.07. The first kappa shape index (κ1) is 14.3. The summed E-state index contributed by atoms with van der Waals surface area (Å²) in [4.78, 5) is 11.3. The van der Waals surface area contributed by atoms with Crippen molar-refractivity contribution < 1.29 is 13.9 Å². The van der Waals surface area contributed by atoms with Crippen LogP contribution in [0.5, 0.6) is 5.75 Å². The number of carbonyl (C=O) groups excluding carboxylic acids is 1. The summed E-state index contributed by atoms with van der Waals surface area (Å²) < 4.78 is 18.2. The molecule has 0 saturated carbocycles. The molecule has 1 aromatic rings. The van der Waals surface area contributed by atoms with E-state index in [1.807, 2.05) is 0 Å². The van der Waals surface area contributed by atoms with Gasteiger partial charge < -0.3 is 15.8 Å². The van der Waals surface area contributed by atoms with Gasteiger partial charge in [0.15, 0.2) is 6.61 Å². The van der Waals surface area contributed by atoms with E-state index in [0.29, 0.717) is 18.7 Å². The lowest BCUT2D eigenvalue weighted by molar-refractivity contribution is -0.123. The van der Waals surface area contributed by atoms with Crippen LogP contribution < -0.4 is 15.8 Å². The highest BCUT2D eigenvalue weighted by Gasteiger charge is 2.05. The predicted octanol–water partition coefficient (Wildman–Crippen LogP) is 1.84. The van der Waals surface area contributed by atoms with Crippen molar-refractivity contribution >= 4 is 17.5 Å². The zero-order chi connectivity index (χ0) is 13.5. The van der Waals surface area contributed by atoms with Crippen molar-refractivity contribution in [1.82, 2.24) is 5.32 Å². The number of ether oxygens (including phenoxy) is 1. The van der Waals surface area contributed by atoms with Crippen molar-refractivity contribution in [1.29, 1.82) is 0 Å². The van der Waals surface area contributed by atoms with Gasteiger partial charge in [-0.2, -0.15) is 0 Å². The zero-order valence-electron chi connectivity index (χ0n) is 9.71. The van der Waals surface area contributed by atoms with Crippen molar-refractivity contribution in [3.8, 4) is 5.75 Å². The summed E-state index contributed by atoms with van der Waals surface area (Å²) in [7, 11) is 0. The Morgan fingerprint density at radius 2 is 2.28 bits per heavy atom. The maximum Gasteiger partial charge on any atom is 0.257 e. The van der Waals surface area contributed by atoms with Gasteiger partial charge in [0.05, 0.1) is 5.02 Å². The van der Waals surface area contributed by atoms with Crippen molar-refractivity contribution in [3.05, 3.63) is 41.3 Å². The number of rotatable bonds is 6. The van der Waals surface area contributed by atoms with Gasteiger partial charge in [-0.3, -0.25) is 4.79 Å². The smallest absolute Gasteiger partial charge is 0.257 e. The molecule has 0 aromatic heterocycles. The third-order valence-corrected chi connectivity index (χ3v) is 2.34. The van der Waals surface area contributed by atoms with E-state index < -0.39 is 5.82 Å². The van der Waals surface area contributed by atoms with Crippen LogP contribution in [0.1, 0.15) is 6.42 Å². The highest BCUT2D eigenvalue weighted by atomic mass is 35.5. The van der Waals surface area contributed by atoms with E-state index >= 15 is 0 Å². The molecule has 1 rings (SSSR count). The number of nitrogens with one attached hydrogen (secondary N) is 1. The van der Waals surface area contributed by atoms with Crippen molar-refractivity contribution in [2.45, 2.75) is 6.42 Å². The molecule has 0 fully saturated rings.